The van der Waals surface area contributed by atoms with Crippen LogP contribution in [-0.2, 0) is 62.3 Å². The summed E-state index contributed by atoms with van der Waals surface area (Å²) in [4.78, 5) is 184. The molecule has 27 heteroatoms. The van der Waals surface area contributed by atoms with Gasteiger partial charge >= 0.3 is 5.97 Å². The van der Waals surface area contributed by atoms with Crippen molar-refractivity contribution in [1.29, 1.82) is 0 Å². The average Bonchev–Trinajstić information content (AvgIpc) is 0.863. The zero-order chi connectivity index (χ0) is 81.2. The molecule has 0 aromatic heterocycles. The third-order valence-electron chi connectivity index (χ3n) is 17.1. The van der Waals surface area contributed by atoms with Crippen LogP contribution in [0.25, 0.3) is 0 Å². The standard InChI is InChI=1S/C78H145N13O14/c1-40(2)27-53(79)66(92)80-54(28-41(3)4)67(93)81-55(29-42(5)6)68(94)82-56(30-43(7)8)69(95)83-57(31-44(9)10)70(96)84-58(32-45(11)12)71(97)85-59(33-46(13)14)72(98)86-60(34-47(15)16)73(99)87-61(35-48(17)18)74(100)88-62(36-49(19)20)75(101)89-63(37-50(21)22)76(102)90-64(38-51(23)24)77(103)91-65(78(104)105)39-52(25)26/h40-65H,27-39,79H2,1-26H3,(H,80,92)(H,81,93)(H,82,94)(H,83,95)(H,84,96)(H,85,97)(H,86,98)(H,87,99)(H,88,100)(H,89,101)(H,90,102)(H,91,103)(H,104,105)/t53-,54-,55-,56-,57-,58-,59-,60-,61-,62-,63-,64-,65-/m0/s1. The lowest BCUT2D eigenvalue weighted by Crippen LogP contribution is -2.61. The highest BCUT2D eigenvalue weighted by atomic mass is 16.4. The molecule has 0 radical (unpaired) electrons. The monoisotopic (exact) mass is 1490 g/mol. The number of rotatable bonds is 51. The molecule has 0 aliphatic carbocycles. The van der Waals surface area contributed by atoms with E-state index >= 15 is 0 Å². The van der Waals surface area contributed by atoms with E-state index in [1.807, 2.05) is 180 Å². The van der Waals surface area contributed by atoms with Crippen molar-refractivity contribution in [3.05, 3.63) is 0 Å². The molecule has 0 aromatic carbocycles. The Morgan fingerprint density at radius 2 is 0.276 bits per heavy atom. The second-order valence-electron chi connectivity index (χ2n) is 34.9. The molecule has 606 valence electrons. The number of nitrogens with two attached hydrogens (primary N) is 1. The van der Waals surface area contributed by atoms with Crippen molar-refractivity contribution in [1.82, 2.24) is 63.8 Å². The quantitative estimate of drug-likeness (QED) is 0.0297. The second-order valence-corrected chi connectivity index (χ2v) is 34.9. The number of aliphatic carboxylic acids is 1. The van der Waals surface area contributed by atoms with Gasteiger partial charge in [-0.2, -0.15) is 0 Å². The van der Waals surface area contributed by atoms with E-state index in [2.05, 4.69) is 63.8 Å². The summed E-state index contributed by atoms with van der Waals surface area (Å²) < 4.78 is 0. The molecule has 12 amide bonds. The minimum absolute atomic E-state index is 0.0160. The van der Waals surface area contributed by atoms with Gasteiger partial charge in [0.15, 0.2) is 0 Å². The van der Waals surface area contributed by atoms with Crippen LogP contribution in [0, 0.1) is 76.9 Å². The van der Waals surface area contributed by atoms with Crippen LogP contribution in [0.1, 0.15) is 263 Å². The number of carboxylic acids is 1. The number of carboxylic acid groups (broad SMARTS) is 1. The van der Waals surface area contributed by atoms with Gasteiger partial charge in [-0.05, 0) is 160 Å². The fourth-order valence-corrected chi connectivity index (χ4v) is 12.3. The molecule has 105 heavy (non-hydrogen) atoms. The van der Waals surface area contributed by atoms with Crippen LogP contribution in [-0.4, -0.2) is 161 Å². The Labute approximate surface area is 630 Å². The van der Waals surface area contributed by atoms with E-state index in [0.29, 0.717) is 6.42 Å². The lowest BCUT2D eigenvalue weighted by atomic mass is 9.97. The van der Waals surface area contributed by atoms with Crippen LogP contribution in [0.15, 0.2) is 0 Å². The van der Waals surface area contributed by atoms with Crippen LogP contribution >= 0.6 is 0 Å². The smallest absolute Gasteiger partial charge is 0.326 e. The highest BCUT2D eigenvalue weighted by molar-refractivity contribution is 6.00. The lowest BCUT2D eigenvalue weighted by molar-refractivity contribution is -0.143. The molecule has 0 unspecified atom stereocenters. The normalized spacial score (nSPS) is 15.7. The van der Waals surface area contributed by atoms with E-state index in [1.165, 1.54) is 0 Å². The third kappa shape index (κ3) is 41.7. The maximum atomic E-state index is 14.7. The molecule has 0 bridgehead atoms. The first kappa shape index (κ1) is 98.1. The van der Waals surface area contributed by atoms with Crippen molar-refractivity contribution in [3.63, 3.8) is 0 Å². The average molecular weight is 1490 g/mol. The fraction of sp³-hybridized carbons (Fsp3) is 0.833. The SMILES string of the molecule is CC(C)C[C@H](NC(=O)[C@H](CC(C)C)NC(=O)[C@H](CC(C)C)NC(=O)[C@H](CC(C)C)NC(=O)[C@H](CC(C)C)NC(=O)[C@H](CC(C)C)NC(=O)[C@H](CC(C)C)NC(=O)[C@H](CC(C)C)NC(=O)[C@H](CC(C)C)NC(=O)[C@H](CC(C)C)NC(=O)[C@H](CC(C)C)NC(=O)[C@H](CC(C)C)NC(=O)[C@@H](N)CC(C)C)C(=O)O. The maximum absolute atomic E-state index is 14.7. The molecule has 0 aliphatic heterocycles. The van der Waals surface area contributed by atoms with Crippen LogP contribution in [0.4, 0.5) is 0 Å². The Hall–Kier alpha value is -6.93. The summed E-state index contributed by atoms with van der Waals surface area (Å²) in [6, 6.07) is -15.0. The Kier molecular flexibility index (Phi) is 45.9. The van der Waals surface area contributed by atoms with Gasteiger partial charge in [0.05, 0.1) is 6.04 Å². The van der Waals surface area contributed by atoms with Crippen molar-refractivity contribution in [2.45, 2.75) is 342 Å². The molecular weight excluding hydrogens is 1340 g/mol. The molecule has 0 aromatic rings. The van der Waals surface area contributed by atoms with Crippen molar-refractivity contribution in [3.8, 4) is 0 Å². The van der Waals surface area contributed by atoms with Gasteiger partial charge in [-0.1, -0.05) is 180 Å². The van der Waals surface area contributed by atoms with E-state index in [1.54, 1.807) is 0 Å². The number of amides is 12. The van der Waals surface area contributed by atoms with Crippen LogP contribution < -0.4 is 69.5 Å². The number of carbonyl (C=O) groups is 13. The number of carbonyl (C=O) groups excluding carboxylic acids is 12. The van der Waals surface area contributed by atoms with E-state index in [-0.39, 0.29) is 154 Å². The highest BCUT2D eigenvalue weighted by Crippen LogP contribution is 2.19. The largest absolute Gasteiger partial charge is 0.480 e. The first-order valence-electron chi connectivity index (χ1n) is 39.1. The molecule has 0 saturated carbocycles. The molecule has 0 rings (SSSR count). The summed E-state index contributed by atoms with van der Waals surface area (Å²) in [6.45, 7) is 48.5. The van der Waals surface area contributed by atoms with Crippen molar-refractivity contribution < 1.29 is 67.4 Å². The molecule has 15 N–H and O–H groups in total. The van der Waals surface area contributed by atoms with E-state index in [4.69, 9.17) is 5.73 Å². The molecule has 0 spiro atoms. The topological polar surface area (TPSA) is 413 Å². The van der Waals surface area contributed by atoms with Gasteiger partial charge in [-0.25, -0.2) is 4.79 Å². The van der Waals surface area contributed by atoms with Gasteiger partial charge in [-0.15, -0.1) is 0 Å². The third-order valence-corrected chi connectivity index (χ3v) is 17.1. The second kappa shape index (κ2) is 49.1. The number of hydrogen-bond donors (Lipinski definition) is 14. The summed E-state index contributed by atoms with van der Waals surface area (Å²) in [6.07, 6.45) is 2.16. The number of hydrogen-bond acceptors (Lipinski definition) is 14. The molecule has 0 heterocycles. The summed E-state index contributed by atoms with van der Waals surface area (Å²) in [5, 5.41) is 43.7. The minimum atomic E-state index is -1.24. The zero-order valence-electron chi connectivity index (χ0n) is 69.0. The van der Waals surface area contributed by atoms with Gasteiger partial charge in [0.25, 0.3) is 0 Å². The Morgan fingerprint density at radius 1 is 0.181 bits per heavy atom. The number of nitrogens with one attached hydrogen (secondary N) is 12. The molecule has 27 nitrogen and oxygen atoms in total. The minimum Gasteiger partial charge on any atom is -0.480 e. The summed E-state index contributed by atoms with van der Waals surface area (Å²) in [7, 11) is 0. The fourth-order valence-electron chi connectivity index (χ4n) is 12.3. The van der Waals surface area contributed by atoms with Gasteiger partial charge in [-0.3, -0.25) is 57.5 Å². The summed E-state index contributed by atoms with van der Waals surface area (Å²) >= 11 is 0. The van der Waals surface area contributed by atoms with Gasteiger partial charge in [0.1, 0.15) is 72.5 Å². The van der Waals surface area contributed by atoms with Crippen LogP contribution in [0.2, 0.25) is 0 Å². The zero-order valence-corrected chi connectivity index (χ0v) is 69.0. The van der Waals surface area contributed by atoms with Gasteiger partial charge < -0.3 is 74.6 Å². The Bertz CT molecular complexity index is 2750. The van der Waals surface area contributed by atoms with Crippen molar-refractivity contribution in [2.24, 2.45) is 82.7 Å². The molecule has 0 saturated heterocycles. The van der Waals surface area contributed by atoms with Gasteiger partial charge in [0.2, 0.25) is 70.9 Å². The van der Waals surface area contributed by atoms with Crippen molar-refractivity contribution >= 4 is 76.9 Å². The molecule has 13 atom stereocenters. The van der Waals surface area contributed by atoms with E-state index in [9.17, 15) is 67.4 Å². The molecule has 0 fully saturated rings. The molecular formula is C78H145N13O14. The van der Waals surface area contributed by atoms with Crippen molar-refractivity contribution in [2.75, 3.05) is 0 Å². The molecule has 0 aliphatic rings. The van der Waals surface area contributed by atoms with Crippen LogP contribution in [0.3, 0.4) is 0 Å². The van der Waals surface area contributed by atoms with E-state index in [0.717, 1.165) is 0 Å². The Morgan fingerprint density at radius 3 is 0.381 bits per heavy atom. The van der Waals surface area contributed by atoms with Crippen LogP contribution in [0.5, 0.6) is 0 Å². The maximum Gasteiger partial charge on any atom is 0.326 e. The first-order chi connectivity index (χ1) is 48.4. The first-order valence-corrected chi connectivity index (χ1v) is 39.1. The lowest BCUT2D eigenvalue weighted by Gasteiger charge is -2.30. The predicted molar refractivity (Wildman–Crippen MR) is 412 cm³/mol. The summed E-state index contributed by atoms with van der Waals surface area (Å²) in [5.74, 6) is -10.6. The Balaban J connectivity index is 7.11. The predicted octanol–water partition coefficient (Wildman–Crippen LogP) is 6.82. The summed E-state index contributed by atoms with van der Waals surface area (Å²) in [5.41, 5.74) is 6.19. The van der Waals surface area contributed by atoms with Gasteiger partial charge in [0, 0.05) is 0 Å². The van der Waals surface area contributed by atoms with E-state index < -0.39 is 155 Å². The highest BCUT2D eigenvalue weighted by Gasteiger charge is 2.39.